The van der Waals surface area contributed by atoms with Gasteiger partial charge in [0.2, 0.25) is 0 Å². The maximum absolute atomic E-state index is 12.6. The van der Waals surface area contributed by atoms with Crippen molar-refractivity contribution in [3.05, 3.63) is 65.2 Å². The van der Waals surface area contributed by atoms with Gasteiger partial charge in [-0.05, 0) is 36.8 Å². The van der Waals surface area contributed by atoms with E-state index in [0.29, 0.717) is 16.8 Å². The van der Waals surface area contributed by atoms with Crippen LogP contribution >= 0.6 is 23.2 Å². The standard InChI is InChI=1S/C19H17Cl2NO3/c1-12-3-5-13(6-4-12)16(23)22(2)15-9-7-14(8-10-15)18(17(24)25)11-19(18,20)21/h3-10H,11H2,1-2H3,(H,24,25). The summed E-state index contributed by atoms with van der Waals surface area (Å²) in [6.07, 6.45) is 0.163. The van der Waals surface area contributed by atoms with Crippen LogP contribution in [0.5, 0.6) is 0 Å². The lowest BCUT2D eigenvalue weighted by atomic mass is 9.95. The maximum atomic E-state index is 12.6. The molecule has 1 amide bonds. The van der Waals surface area contributed by atoms with E-state index in [-0.39, 0.29) is 12.3 Å². The van der Waals surface area contributed by atoms with Crippen LogP contribution in [-0.4, -0.2) is 28.4 Å². The number of aryl methyl sites for hydroxylation is 1. The van der Waals surface area contributed by atoms with Gasteiger partial charge in [0.1, 0.15) is 9.75 Å². The average molecular weight is 378 g/mol. The Morgan fingerprint density at radius 3 is 2.00 bits per heavy atom. The van der Waals surface area contributed by atoms with Gasteiger partial charge in [0, 0.05) is 24.7 Å². The van der Waals surface area contributed by atoms with Crippen molar-refractivity contribution >= 4 is 40.8 Å². The normalized spacial score (nSPS) is 20.8. The van der Waals surface area contributed by atoms with Gasteiger partial charge in [-0.2, -0.15) is 0 Å². The molecule has 2 aromatic rings. The van der Waals surface area contributed by atoms with Gasteiger partial charge >= 0.3 is 5.97 Å². The number of hydrogen-bond acceptors (Lipinski definition) is 2. The van der Waals surface area contributed by atoms with E-state index in [2.05, 4.69) is 0 Å². The molecule has 1 saturated carbocycles. The molecule has 0 aliphatic heterocycles. The van der Waals surface area contributed by atoms with Crippen molar-refractivity contribution in [3.63, 3.8) is 0 Å². The van der Waals surface area contributed by atoms with E-state index in [1.165, 1.54) is 4.90 Å². The first-order valence-corrected chi connectivity index (χ1v) is 8.51. The topological polar surface area (TPSA) is 57.6 Å². The number of benzene rings is 2. The number of aliphatic carboxylic acids is 1. The van der Waals surface area contributed by atoms with Crippen molar-refractivity contribution in [3.8, 4) is 0 Å². The number of carboxylic acid groups (broad SMARTS) is 1. The van der Waals surface area contributed by atoms with Gasteiger partial charge in [-0.3, -0.25) is 9.59 Å². The monoisotopic (exact) mass is 377 g/mol. The first kappa shape index (κ1) is 17.8. The summed E-state index contributed by atoms with van der Waals surface area (Å²) in [5, 5.41) is 9.50. The average Bonchev–Trinajstić information content (AvgIpc) is 3.18. The summed E-state index contributed by atoms with van der Waals surface area (Å²) >= 11 is 12.1. The summed E-state index contributed by atoms with van der Waals surface area (Å²) in [5.41, 5.74) is 1.57. The first-order chi connectivity index (χ1) is 11.7. The Morgan fingerprint density at radius 2 is 1.56 bits per heavy atom. The number of carboxylic acids is 1. The van der Waals surface area contributed by atoms with Crippen molar-refractivity contribution in [2.45, 2.75) is 23.1 Å². The van der Waals surface area contributed by atoms with Crippen LogP contribution in [0.4, 0.5) is 5.69 Å². The Hall–Kier alpha value is -2.04. The van der Waals surface area contributed by atoms with Crippen LogP contribution in [0.1, 0.15) is 27.9 Å². The molecule has 3 rings (SSSR count). The van der Waals surface area contributed by atoms with Crippen LogP contribution in [0.25, 0.3) is 0 Å². The Labute approximate surface area is 156 Å². The molecular formula is C19H17Cl2NO3. The fraction of sp³-hybridized carbons (Fsp3) is 0.263. The van der Waals surface area contributed by atoms with Gasteiger partial charge in [0.05, 0.1) is 0 Å². The van der Waals surface area contributed by atoms with Gasteiger partial charge < -0.3 is 10.0 Å². The lowest BCUT2D eigenvalue weighted by Gasteiger charge is -2.19. The quantitative estimate of drug-likeness (QED) is 0.813. The predicted octanol–water partition coefficient (Wildman–Crippen LogP) is 4.17. The minimum atomic E-state index is -1.30. The predicted molar refractivity (Wildman–Crippen MR) is 98.7 cm³/mol. The van der Waals surface area contributed by atoms with E-state index in [0.717, 1.165) is 5.56 Å². The van der Waals surface area contributed by atoms with Crippen LogP contribution < -0.4 is 4.90 Å². The summed E-state index contributed by atoms with van der Waals surface area (Å²) in [5.74, 6) is -1.19. The molecule has 0 heterocycles. The molecule has 0 bridgehead atoms. The van der Waals surface area contributed by atoms with E-state index < -0.39 is 15.7 Å². The molecule has 1 fully saturated rings. The SMILES string of the molecule is Cc1ccc(C(=O)N(C)c2ccc(C3(C(=O)O)CC3(Cl)Cl)cc2)cc1. The summed E-state index contributed by atoms with van der Waals surface area (Å²) in [6, 6.07) is 14.1. The van der Waals surface area contributed by atoms with Crippen LogP contribution in [0.3, 0.4) is 0 Å². The number of hydrogen-bond donors (Lipinski definition) is 1. The molecule has 0 radical (unpaired) electrons. The largest absolute Gasteiger partial charge is 0.480 e. The lowest BCUT2D eigenvalue weighted by Crippen LogP contribution is -2.27. The minimum Gasteiger partial charge on any atom is -0.480 e. The highest BCUT2D eigenvalue weighted by Gasteiger charge is 2.72. The zero-order valence-corrected chi connectivity index (χ0v) is 15.3. The van der Waals surface area contributed by atoms with Gasteiger partial charge in [0.25, 0.3) is 5.91 Å². The van der Waals surface area contributed by atoms with E-state index >= 15 is 0 Å². The molecule has 1 N–H and O–H groups in total. The van der Waals surface area contributed by atoms with E-state index in [1.807, 2.05) is 19.1 Å². The van der Waals surface area contributed by atoms with Crippen molar-refractivity contribution in [2.75, 3.05) is 11.9 Å². The second kappa shape index (κ2) is 6.04. The number of amides is 1. The van der Waals surface area contributed by atoms with Crippen molar-refractivity contribution in [1.29, 1.82) is 0 Å². The van der Waals surface area contributed by atoms with Crippen LogP contribution in [0.15, 0.2) is 48.5 Å². The second-order valence-electron chi connectivity index (χ2n) is 6.37. The van der Waals surface area contributed by atoms with Gasteiger partial charge in [-0.1, -0.05) is 53.0 Å². The van der Waals surface area contributed by atoms with Crippen LogP contribution in [-0.2, 0) is 10.2 Å². The molecule has 130 valence electrons. The zero-order valence-electron chi connectivity index (χ0n) is 13.8. The number of carbonyl (C=O) groups excluding carboxylic acids is 1. The van der Waals surface area contributed by atoms with Crippen LogP contribution in [0, 0.1) is 6.92 Å². The second-order valence-corrected chi connectivity index (χ2v) is 7.85. The molecule has 1 atom stereocenters. The Balaban J connectivity index is 1.84. The van der Waals surface area contributed by atoms with Gasteiger partial charge in [-0.15, -0.1) is 0 Å². The summed E-state index contributed by atoms with van der Waals surface area (Å²) in [7, 11) is 1.68. The van der Waals surface area contributed by atoms with E-state index in [4.69, 9.17) is 23.2 Å². The van der Waals surface area contributed by atoms with Gasteiger partial charge in [-0.25, -0.2) is 0 Å². The minimum absolute atomic E-state index is 0.142. The summed E-state index contributed by atoms with van der Waals surface area (Å²) < 4.78 is -1.30. The van der Waals surface area contributed by atoms with Crippen molar-refractivity contribution < 1.29 is 14.7 Å². The highest BCUT2D eigenvalue weighted by atomic mass is 35.5. The molecule has 1 unspecified atom stereocenters. The van der Waals surface area contributed by atoms with E-state index in [9.17, 15) is 14.7 Å². The third-order valence-electron chi connectivity index (χ3n) is 4.70. The molecule has 25 heavy (non-hydrogen) atoms. The smallest absolute Gasteiger partial charge is 0.317 e. The van der Waals surface area contributed by atoms with E-state index in [1.54, 1.807) is 43.4 Å². The fourth-order valence-corrected chi connectivity index (χ4v) is 3.71. The molecule has 1 aliphatic carbocycles. The van der Waals surface area contributed by atoms with Crippen molar-refractivity contribution in [1.82, 2.24) is 0 Å². The number of alkyl halides is 2. The number of anilines is 1. The first-order valence-electron chi connectivity index (χ1n) is 7.75. The highest BCUT2D eigenvalue weighted by Crippen LogP contribution is 2.65. The third-order valence-corrected chi connectivity index (χ3v) is 5.61. The molecule has 2 aromatic carbocycles. The van der Waals surface area contributed by atoms with Gasteiger partial charge in [0.15, 0.2) is 0 Å². The summed E-state index contributed by atoms with van der Waals surface area (Å²) in [6.45, 7) is 1.96. The summed E-state index contributed by atoms with van der Waals surface area (Å²) in [4.78, 5) is 25.7. The van der Waals surface area contributed by atoms with Crippen molar-refractivity contribution in [2.24, 2.45) is 0 Å². The fourth-order valence-electron chi connectivity index (χ4n) is 2.93. The highest BCUT2D eigenvalue weighted by molar-refractivity contribution is 6.54. The number of halogens is 2. The van der Waals surface area contributed by atoms with Crippen LogP contribution in [0.2, 0.25) is 0 Å². The zero-order chi connectivity index (χ0) is 18.4. The molecular weight excluding hydrogens is 361 g/mol. The molecule has 0 saturated heterocycles. The Kier molecular flexibility index (Phi) is 4.30. The number of nitrogens with zero attached hydrogens (tertiary/aromatic N) is 1. The Bertz CT molecular complexity index is 831. The number of carbonyl (C=O) groups is 2. The molecule has 6 heteroatoms. The molecule has 1 aliphatic rings. The molecule has 0 spiro atoms. The molecule has 4 nitrogen and oxygen atoms in total. The lowest BCUT2D eigenvalue weighted by molar-refractivity contribution is -0.140. The third kappa shape index (κ3) is 2.90. The Morgan fingerprint density at radius 1 is 1.04 bits per heavy atom. The number of rotatable bonds is 4. The molecule has 0 aromatic heterocycles. The maximum Gasteiger partial charge on any atom is 0.317 e.